The highest BCUT2D eigenvalue weighted by atomic mass is 16.5. The third-order valence-corrected chi connectivity index (χ3v) is 4.12. The van der Waals surface area contributed by atoms with Crippen molar-refractivity contribution in [3.05, 3.63) is 0 Å². The number of ether oxygens (including phenoxy) is 2. The van der Waals surface area contributed by atoms with E-state index in [4.69, 9.17) is 9.47 Å². The molecule has 2 aliphatic rings. The fourth-order valence-electron chi connectivity index (χ4n) is 2.65. The Morgan fingerprint density at radius 2 is 2.22 bits per heavy atom. The Hall–Kier alpha value is -0.810. The Morgan fingerprint density at radius 1 is 1.44 bits per heavy atom. The molecular weight excluding hydrogens is 232 g/mol. The second-order valence-corrected chi connectivity index (χ2v) is 5.73. The minimum atomic E-state index is -0.0847. The lowest BCUT2D eigenvalue weighted by Crippen LogP contribution is -2.63. The van der Waals surface area contributed by atoms with Crippen LogP contribution in [0.1, 0.15) is 33.6 Å². The lowest BCUT2D eigenvalue weighted by Gasteiger charge is -2.51. The Balaban J connectivity index is 1.75. The molecule has 1 saturated carbocycles. The van der Waals surface area contributed by atoms with E-state index in [0.717, 1.165) is 26.1 Å². The van der Waals surface area contributed by atoms with E-state index < -0.39 is 0 Å². The highest BCUT2D eigenvalue weighted by Gasteiger charge is 2.49. The van der Waals surface area contributed by atoms with Crippen LogP contribution in [0, 0.1) is 5.41 Å². The normalized spacial score (nSPS) is 33.8. The van der Waals surface area contributed by atoms with Gasteiger partial charge in [-0.25, -0.2) is 4.79 Å². The lowest BCUT2D eigenvalue weighted by molar-refractivity contribution is -0.110. The first-order valence-electron chi connectivity index (χ1n) is 6.80. The van der Waals surface area contributed by atoms with E-state index in [-0.39, 0.29) is 29.6 Å². The van der Waals surface area contributed by atoms with Crippen molar-refractivity contribution < 1.29 is 14.3 Å². The van der Waals surface area contributed by atoms with Gasteiger partial charge < -0.3 is 20.1 Å². The number of carbonyl (C=O) groups is 1. The van der Waals surface area contributed by atoms with E-state index in [1.165, 1.54) is 0 Å². The molecule has 2 N–H and O–H groups in total. The van der Waals surface area contributed by atoms with Crippen LogP contribution in [0.2, 0.25) is 0 Å². The molecule has 104 valence electrons. The highest BCUT2D eigenvalue weighted by Crippen LogP contribution is 2.42. The summed E-state index contributed by atoms with van der Waals surface area (Å²) in [7, 11) is 0. The number of hydrogen-bond acceptors (Lipinski definition) is 3. The molecule has 18 heavy (non-hydrogen) atoms. The molecule has 3 atom stereocenters. The Bertz CT molecular complexity index is 301. The van der Waals surface area contributed by atoms with Gasteiger partial charge in [0.25, 0.3) is 0 Å². The lowest BCUT2D eigenvalue weighted by atomic mass is 9.64. The van der Waals surface area contributed by atoms with Gasteiger partial charge in [-0.1, -0.05) is 13.8 Å². The highest BCUT2D eigenvalue weighted by molar-refractivity contribution is 5.75. The van der Waals surface area contributed by atoms with Crippen LogP contribution in [-0.4, -0.2) is 44.0 Å². The molecule has 0 aromatic carbocycles. The molecule has 1 aliphatic heterocycles. The zero-order valence-electron chi connectivity index (χ0n) is 11.5. The molecule has 1 aliphatic carbocycles. The molecule has 2 amide bonds. The van der Waals surface area contributed by atoms with Gasteiger partial charge in [-0.2, -0.15) is 0 Å². The molecular formula is C13H24N2O3. The topological polar surface area (TPSA) is 59.6 Å². The van der Waals surface area contributed by atoms with Crippen molar-refractivity contribution >= 4 is 6.03 Å². The number of nitrogens with one attached hydrogen (secondary N) is 2. The van der Waals surface area contributed by atoms with Gasteiger partial charge in [0.1, 0.15) is 0 Å². The van der Waals surface area contributed by atoms with E-state index in [1.54, 1.807) is 0 Å². The molecule has 5 heteroatoms. The van der Waals surface area contributed by atoms with Crippen molar-refractivity contribution in [2.75, 3.05) is 19.8 Å². The second kappa shape index (κ2) is 5.45. The van der Waals surface area contributed by atoms with Crippen LogP contribution in [0.5, 0.6) is 0 Å². The summed E-state index contributed by atoms with van der Waals surface area (Å²) in [4.78, 5) is 11.8. The number of rotatable bonds is 4. The molecule has 2 rings (SSSR count). The summed E-state index contributed by atoms with van der Waals surface area (Å²) in [5, 5.41) is 5.98. The van der Waals surface area contributed by atoms with Gasteiger partial charge in [-0.3, -0.25) is 0 Å². The van der Waals surface area contributed by atoms with Gasteiger partial charge in [0.05, 0.1) is 18.8 Å². The number of hydrogen-bond donors (Lipinski definition) is 2. The number of amides is 2. The zero-order valence-corrected chi connectivity index (χ0v) is 11.5. The van der Waals surface area contributed by atoms with Gasteiger partial charge in [0.2, 0.25) is 0 Å². The average molecular weight is 256 g/mol. The first-order chi connectivity index (χ1) is 8.54. The Morgan fingerprint density at radius 3 is 2.78 bits per heavy atom. The summed E-state index contributed by atoms with van der Waals surface area (Å²) in [6.45, 7) is 8.38. The predicted molar refractivity (Wildman–Crippen MR) is 68.5 cm³/mol. The van der Waals surface area contributed by atoms with E-state index in [0.29, 0.717) is 6.61 Å². The number of carbonyl (C=O) groups excluding carboxylic acids is 1. The van der Waals surface area contributed by atoms with Crippen LogP contribution in [0.25, 0.3) is 0 Å². The largest absolute Gasteiger partial charge is 0.379 e. The summed E-state index contributed by atoms with van der Waals surface area (Å²) >= 11 is 0. The van der Waals surface area contributed by atoms with Crippen LogP contribution < -0.4 is 10.6 Å². The van der Waals surface area contributed by atoms with Crippen molar-refractivity contribution in [2.24, 2.45) is 5.41 Å². The monoisotopic (exact) mass is 256 g/mol. The summed E-state index contributed by atoms with van der Waals surface area (Å²) in [6, 6.07) is 0.269. The Kier molecular flexibility index (Phi) is 4.12. The Labute approximate surface area is 109 Å². The quantitative estimate of drug-likeness (QED) is 0.796. The summed E-state index contributed by atoms with van der Waals surface area (Å²) in [5.41, 5.74) is 0.0134. The molecule has 1 heterocycles. The van der Waals surface area contributed by atoms with Crippen molar-refractivity contribution in [2.45, 2.75) is 51.8 Å². The van der Waals surface area contributed by atoms with Crippen molar-refractivity contribution in [1.29, 1.82) is 0 Å². The maximum atomic E-state index is 11.8. The molecule has 0 radical (unpaired) electrons. The SMILES string of the molecule is CCOC1CC(NC(=O)NC2CCOC2)C1(C)C. The van der Waals surface area contributed by atoms with E-state index in [9.17, 15) is 4.79 Å². The molecule has 5 nitrogen and oxygen atoms in total. The molecule has 0 aromatic rings. The van der Waals surface area contributed by atoms with E-state index in [1.807, 2.05) is 6.92 Å². The van der Waals surface area contributed by atoms with Crippen LogP contribution in [0.3, 0.4) is 0 Å². The van der Waals surface area contributed by atoms with Crippen molar-refractivity contribution in [1.82, 2.24) is 10.6 Å². The molecule has 3 unspecified atom stereocenters. The fraction of sp³-hybridized carbons (Fsp3) is 0.923. The third kappa shape index (κ3) is 2.78. The summed E-state index contributed by atoms with van der Waals surface area (Å²) in [6.07, 6.45) is 2.06. The van der Waals surface area contributed by atoms with E-state index >= 15 is 0 Å². The molecule has 1 saturated heterocycles. The van der Waals surface area contributed by atoms with Crippen LogP contribution in [0.15, 0.2) is 0 Å². The minimum absolute atomic E-state index is 0.0134. The van der Waals surface area contributed by atoms with Crippen LogP contribution >= 0.6 is 0 Å². The van der Waals surface area contributed by atoms with Crippen molar-refractivity contribution in [3.8, 4) is 0 Å². The van der Waals surface area contributed by atoms with Gasteiger partial charge in [-0.05, 0) is 19.8 Å². The van der Waals surface area contributed by atoms with Gasteiger partial charge in [0.15, 0.2) is 0 Å². The van der Waals surface area contributed by atoms with Crippen LogP contribution in [-0.2, 0) is 9.47 Å². The first-order valence-corrected chi connectivity index (χ1v) is 6.80. The zero-order chi connectivity index (χ0) is 13.2. The van der Waals surface area contributed by atoms with Crippen molar-refractivity contribution in [3.63, 3.8) is 0 Å². The molecule has 0 bridgehead atoms. The standard InChI is InChI=1S/C13H24N2O3/c1-4-18-11-7-10(13(11,2)3)15-12(16)14-9-5-6-17-8-9/h9-11H,4-8H2,1-3H3,(H2,14,15,16). The second-order valence-electron chi connectivity index (χ2n) is 5.73. The van der Waals surface area contributed by atoms with Gasteiger partial charge in [-0.15, -0.1) is 0 Å². The van der Waals surface area contributed by atoms with E-state index in [2.05, 4.69) is 24.5 Å². The third-order valence-electron chi connectivity index (χ3n) is 4.12. The summed E-state index contributed by atoms with van der Waals surface area (Å²) in [5.74, 6) is 0. The maximum absolute atomic E-state index is 11.8. The minimum Gasteiger partial charge on any atom is -0.379 e. The fourth-order valence-corrected chi connectivity index (χ4v) is 2.65. The molecule has 2 fully saturated rings. The predicted octanol–water partition coefficient (Wildman–Crippen LogP) is 1.28. The number of urea groups is 1. The molecule has 0 spiro atoms. The summed E-state index contributed by atoms with van der Waals surface area (Å²) < 4.78 is 10.9. The first kappa shape index (κ1) is 13.6. The van der Waals surface area contributed by atoms with Gasteiger partial charge in [0, 0.05) is 24.7 Å². The maximum Gasteiger partial charge on any atom is 0.315 e. The average Bonchev–Trinajstić information content (AvgIpc) is 2.80. The van der Waals surface area contributed by atoms with Crippen LogP contribution in [0.4, 0.5) is 4.79 Å². The molecule has 0 aromatic heterocycles. The smallest absolute Gasteiger partial charge is 0.315 e. The van der Waals surface area contributed by atoms with Gasteiger partial charge >= 0.3 is 6.03 Å².